The van der Waals surface area contributed by atoms with Gasteiger partial charge in [-0.05, 0) is 31.2 Å². The van der Waals surface area contributed by atoms with Gasteiger partial charge in [0.15, 0.2) is 0 Å². The fourth-order valence-corrected chi connectivity index (χ4v) is 3.91. The number of carbonyl (C=O) groups excluding carboxylic acids is 1. The van der Waals surface area contributed by atoms with Crippen molar-refractivity contribution in [2.45, 2.75) is 25.3 Å². The van der Waals surface area contributed by atoms with E-state index in [0.717, 1.165) is 38.6 Å². The van der Waals surface area contributed by atoms with Gasteiger partial charge in [0.25, 0.3) is 0 Å². The van der Waals surface area contributed by atoms with Crippen molar-refractivity contribution in [2.75, 3.05) is 39.3 Å². The molecule has 104 valence electrons. The topological polar surface area (TPSA) is 35.6 Å². The maximum absolute atomic E-state index is 12.6. The molecule has 2 heterocycles. The van der Waals surface area contributed by atoms with Crippen molar-refractivity contribution >= 4 is 5.91 Å². The van der Waals surface area contributed by atoms with Gasteiger partial charge in [-0.1, -0.05) is 12.3 Å². The lowest BCUT2D eigenvalue weighted by molar-refractivity contribution is -0.135. The Bertz CT molecular complexity index is 381. The van der Waals surface area contributed by atoms with Gasteiger partial charge in [0.1, 0.15) is 0 Å². The third-order valence-corrected chi connectivity index (χ3v) is 5.01. The van der Waals surface area contributed by atoms with Gasteiger partial charge in [0.05, 0.1) is 12.6 Å². The first-order valence-corrected chi connectivity index (χ1v) is 7.47. The second-order valence-electron chi connectivity index (χ2n) is 6.05. The molecular weight excluding hydrogens is 238 g/mol. The molecule has 3 rings (SSSR count). The minimum absolute atomic E-state index is 0.0895. The average molecular weight is 261 g/mol. The van der Waals surface area contributed by atoms with Gasteiger partial charge < -0.3 is 10.2 Å². The quantitative estimate of drug-likeness (QED) is 0.719. The van der Waals surface area contributed by atoms with Crippen LogP contribution in [0.4, 0.5) is 0 Å². The summed E-state index contributed by atoms with van der Waals surface area (Å²) in [7, 11) is 0. The Hall–Kier alpha value is -1.05. The van der Waals surface area contributed by atoms with E-state index in [1.807, 2.05) is 4.90 Å². The van der Waals surface area contributed by atoms with E-state index in [2.05, 4.69) is 16.1 Å². The molecule has 1 amide bonds. The van der Waals surface area contributed by atoms with E-state index in [1.54, 1.807) is 0 Å². The van der Waals surface area contributed by atoms with Crippen molar-refractivity contribution in [3.8, 4) is 12.3 Å². The van der Waals surface area contributed by atoms with Gasteiger partial charge in [-0.2, -0.15) is 0 Å². The standard InChI is InChI=1S/C15H23N3O/c1-2-6-17-7-9-18(10-8-17)15(19)14-13-5-3-4-12(13)11-16-14/h1,12-14,16H,3-11H2. The first kappa shape index (κ1) is 13.0. The van der Waals surface area contributed by atoms with E-state index in [-0.39, 0.29) is 6.04 Å². The summed E-state index contributed by atoms with van der Waals surface area (Å²) in [5.74, 6) is 4.35. The second kappa shape index (κ2) is 5.52. The number of rotatable bonds is 2. The van der Waals surface area contributed by atoms with Crippen molar-refractivity contribution in [3.63, 3.8) is 0 Å². The van der Waals surface area contributed by atoms with E-state index in [1.165, 1.54) is 19.3 Å². The predicted octanol–water partition coefficient (Wildman–Crippen LogP) is 0.152. The minimum Gasteiger partial charge on any atom is -0.339 e. The molecule has 3 fully saturated rings. The first-order chi connectivity index (χ1) is 9.29. The number of nitrogens with zero attached hydrogens (tertiary/aromatic N) is 2. The fraction of sp³-hybridized carbons (Fsp3) is 0.800. The van der Waals surface area contributed by atoms with Gasteiger partial charge >= 0.3 is 0 Å². The van der Waals surface area contributed by atoms with Crippen molar-refractivity contribution in [1.29, 1.82) is 0 Å². The highest BCUT2D eigenvalue weighted by Crippen LogP contribution is 2.38. The van der Waals surface area contributed by atoms with E-state index in [4.69, 9.17) is 6.42 Å². The van der Waals surface area contributed by atoms with Crippen LogP contribution in [-0.2, 0) is 4.79 Å². The molecule has 1 N–H and O–H groups in total. The van der Waals surface area contributed by atoms with Crippen LogP contribution in [0.3, 0.4) is 0 Å². The summed E-state index contributed by atoms with van der Waals surface area (Å²) in [5, 5.41) is 3.45. The highest BCUT2D eigenvalue weighted by molar-refractivity contribution is 5.83. The largest absolute Gasteiger partial charge is 0.339 e. The normalized spacial score (nSPS) is 35.1. The number of nitrogens with one attached hydrogen (secondary N) is 1. The van der Waals surface area contributed by atoms with Crippen molar-refractivity contribution < 1.29 is 4.79 Å². The smallest absolute Gasteiger partial charge is 0.240 e. The summed E-state index contributed by atoms with van der Waals surface area (Å²) in [4.78, 5) is 16.9. The molecule has 19 heavy (non-hydrogen) atoms. The number of hydrogen-bond donors (Lipinski definition) is 1. The zero-order chi connectivity index (χ0) is 13.2. The lowest BCUT2D eigenvalue weighted by Crippen LogP contribution is -2.54. The Morgan fingerprint density at radius 3 is 2.79 bits per heavy atom. The summed E-state index contributed by atoms with van der Waals surface area (Å²) >= 11 is 0. The van der Waals surface area contributed by atoms with E-state index in [9.17, 15) is 4.79 Å². The summed E-state index contributed by atoms with van der Waals surface area (Å²) in [6.07, 6.45) is 9.16. The van der Waals surface area contributed by atoms with Crippen LogP contribution in [0.5, 0.6) is 0 Å². The molecule has 2 saturated heterocycles. The number of fused-ring (bicyclic) bond motifs is 1. The number of hydrogen-bond acceptors (Lipinski definition) is 3. The predicted molar refractivity (Wildman–Crippen MR) is 74.5 cm³/mol. The maximum Gasteiger partial charge on any atom is 0.240 e. The van der Waals surface area contributed by atoms with E-state index in [0.29, 0.717) is 18.4 Å². The summed E-state index contributed by atoms with van der Waals surface area (Å²) in [6, 6.07) is 0.0895. The second-order valence-corrected chi connectivity index (χ2v) is 6.05. The minimum atomic E-state index is 0.0895. The van der Waals surface area contributed by atoms with Crippen molar-refractivity contribution in [1.82, 2.24) is 15.1 Å². The highest BCUT2D eigenvalue weighted by atomic mass is 16.2. The van der Waals surface area contributed by atoms with Gasteiger partial charge in [-0.3, -0.25) is 9.69 Å². The molecule has 3 aliphatic rings. The number of amides is 1. The molecule has 1 aliphatic carbocycles. The van der Waals surface area contributed by atoms with Crippen LogP contribution in [0, 0.1) is 24.2 Å². The van der Waals surface area contributed by atoms with Gasteiger partial charge in [-0.15, -0.1) is 6.42 Å². The number of piperazine rings is 1. The monoisotopic (exact) mass is 261 g/mol. The van der Waals surface area contributed by atoms with Crippen LogP contribution in [0.1, 0.15) is 19.3 Å². The molecular formula is C15H23N3O. The van der Waals surface area contributed by atoms with E-state index >= 15 is 0 Å². The van der Waals surface area contributed by atoms with Crippen LogP contribution in [-0.4, -0.2) is 61.0 Å². The Balaban J connectivity index is 1.55. The Labute approximate surface area is 115 Å². The van der Waals surface area contributed by atoms with Crippen LogP contribution in [0.15, 0.2) is 0 Å². The maximum atomic E-state index is 12.6. The zero-order valence-corrected chi connectivity index (χ0v) is 11.5. The summed E-state index contributed by atoms with van der Waals surface area (Å²) in [5.41, 5.74) is 0. The van der Waals surface area contributed by atoms with Crippen molar-refractivity contribution in [2.24, 2.45) is 11.8 Å². The molecule has 0 radical (unpaired) electrons. The fourth-order valence-electron chi connectivity index (χ4n) is 3.91. The van der Waals surface area contributed by atoms with Crippen LogP contribution < -0.4 is 5.32 Å². The zero-order valence-electron chi connectivity index (χ0n) is 11.5. The number of terminal acetylenes is 1. The summed E-state index contributed by atoms with van der Waals surface area (Å²) < 4.78 is 0. The molecule has 3 unspecified atom stereocenters. The molecule has 2 aliphatic heterocycles. The molecule has 0 aromatic rings. The van der Waals surface area contributed by atoms with Gasteiger partial charge in [0, 0.05) is 26.2 Å². The molecule has 4 nitrogen and oxygen atoms in total. The Morgan fingerprint density at radius 1 is 1.26 bits per heavy atom. The molecule has 0 aromatic heterocycles. The van der Waals surface area contributed by atoms with Crippen LogP contribution in [0.2, 0.25) is 0 Å². The molecule has 0 bridgehead atoms. The summed E-state index contributed by atoms with van der Waals surface area (Å²) in [6.45, 7) is 5.23. The highest BCUT2D eigenvalue weighted by Gasteiger charge is 2.43. The third-order valence-electron chi connectivity index (χ3n) is 5.01. The van der Waals surface area contributed by atoms with Gasteiger partial charge in [0.2, 0.25) is 5.91 Å². The van der Waals surface area contributed by atoms with E-state index < -0.39 is 0 Å². The SMILES string of the molecule is C#CCN1CCN(C(=O)C2NCC3CCCC32)CC1. The van der Waals surface area contributed by atoms with Gasteiger partial charge in [-0.25, -0.2) is 0 Å². The Morgan fingerprint density at radius 2 is 2.05 bits per heavy atom. The van der Waals surface area contributed by atoms with Crippen LogP contribution >= 0.6 is 0 Å². The molecule has 1 saturated carbocycles. The lowest BCUT2D eigenvalue weighted by Gasteiger charge is -2.35. The van der Waals surface area contributed by atoms with Crippen LogP contribution in [0.25, 0.3) is 0 Å². The average Bonchev–Trinajstić information content (AvgIpc) is 3.01. The lowest BCUT2D eigenvalue weighted by atomic mass is 9.93. The molecule has 0 spiro atoms. The first-order valence-electron chi connectivity index (χ1n) is 7.47. The molecule has 0 aromatic carbocycles. The number of carbonyl (C=O) groups is 1. The molecule has 3 atom stereocenters. The third kappa shape index (κ3) is 2.50. The Kier molecular flexibility index (Phi) is 3.76. The molecule has 4 heteroatoms. The van der Waals surface area contributed by atoms with Crippen molar-refractivity contribution in [3.05, 3.63) is 0 Å².